The number of carbonyl (C=O) groups excluding carboxylic acids is 1. The van der Waals surface area contributed by atoms with Crippen LogP contribution < -0.4 is 10.6 Å². The van der Waals surface area contributed by atoms with E-state index in [9.17, 15) is 9.18 Å². The van der Waals surface area contributed by atoms with Crippen molar-refractivity contribution in [3.63, 3.8) is 0 Å². The van der Waals surface area contributed by atoms with Crippen LogP contribution in [0.2, 0.25) is 0 Å². The molecule has 0 fully saturated rings. The van der Waals surface area contributed by atoms with Crippen LogP contribution in [-0.2, 0) is 0 Å². The van der Waals surface area contributed by atoms with E-state index in [2.05, 4.69) is 34.7 Å². The van der Waals surface area contributed by atoms with Crippen molar-refractivity contribution in [2.45, 2.75) is 19.8 Å². The summed E-state index contributed by atoms with van der Waals surface area (Å²) in [6, 6.07) is 24.7. The van der Waals surface area contributed by atoms with Crippen molar-refractivity contribution in [1.82, 2.24) is 10.2 Å². The molecule has 0 aliphatic rings. The Morgan fingerprint density at radius 3 is 2.25 bits per heavy atom. The minimum absolute atomic E-state index is 0.191. The van der Waals surface area contributed by atoms with Crippen molar-refractivity contribution in [2.24, 2.45) is 0 Å². The van der Waals surface area contributed by atoms with Gasteiger partial charge in [0.15, 0.2) is 5.82 Å². The first-order chi connectivity index (χ1) is 15.5. The Bertz CT molecular complexity index is 1200. The number of amides is 1. The first kappa shape index (κ1) is 21.2. The van der Waals surface area contributed by atoms with Gasteiger partial charge in [-0.15, -0.1) is 10.2 Å². The van der Waals surface area contributed by atoms with Gasteiger partial charge < -0.3 is 10.6 Å². The molecule has 0 radical (unpaired) electrons. The van der Waals surface area contributed by atoms with E-state index in [4.69, 9.17) is 0 Å². The lowest BCUT2D eigenvalue weighted by Gasteiger charge is -2.10. The minimum atomic E-state index is -0.295. The van der Waals surface area contributed by atoms with Crippen LogP contribution in [0.15, 0.2) is 84.9 Å². The maximum absolute atomic E-state index is 13.1. The standard InChI is InChI=1S/C26H23FN4O/c1-17(2)18-8-12-22(13-9-18)29-26(32)20-4-3-5-23(16-20)28-25-15-14-24(30-31-25)19-6-10-21(27)11-7-19/h3-17H,1-2H3,(H,28,31)(H,29,32). The fourth-order valence-corrected chi connectivity index (χ4v) is 3.21. The molecule has 0 aliphatic carbocycles. The van der Waals surface area contributed by atoms with Crippen molar-refractivity contribution >= 4 is 23.1 Å². The summed E-state index contributed by atoms with van der Waals surface area (Å²) >= 11 is 0. The van der Waals surface area contributed by atoms with Crippen molar-refractivity contribution < 1.29 is 9.18 Å². The molecular weight excluding hydrogens is 403 g/mol. The maximum atomic E-state index is 13.1. The number of halogens is 1. The van der Waals surface area contributed by atoms with E-state index >= 15 is 0 Å². The van der Waals surface area contributed by atoms with Gasteiger partial charge in [-0.3, -0.25) is 4.79 Å². The van der Waals surface area contributed by atoms with E-state index < -0.39 is 0 Å². The Morgan fingerprint density at radius 1 is 0.844 bits per heavy atom. The zero-order valence-electron chi connectivity index (χ0n) is 17.8. The van der Waals surface area contributed by atoms with Gasteiger partial charge in [0.1, 0.15) is 5.82 Å². The number of rotatable bonds is 6. The molecule has 0 saturated carbocycles. The molecule has 1 aromatic heterocycles. The van der Waals surface area contributed by atoms with Gasteiger partial charge in [0.25, 0.3) is 5.91 Å². The summed E-state index contributed by atoms with van der Waals surface area (Å²) in [6.45, 7) is 4.26. The van der Waals surface area contributed by atoms with Crippen LogP contribution in [0.3, 0.4) is 0 Å². The van der Waals surface area contributed by atoms with Gasteiger partial charge in [-0.05, 0) is 78.2 Å². The summed E-state index contributed by atoms with van der Waals surface area (Å²) in [5, 5.41) is 14.5. The molecule has 4 aromatic rings. The summed E-state index contributed by atoms with van der Waals surface area (Å²) in [6.07, 6.45) is 0. The third-order valence-corrected chi connectivity index (χ3v) is 5.04. The fourth-order valence-electron chi connectivity index (χ4n) is 3.21. The summed E-state index contributed by atoms with van der Waals surface area (Å²) in [5.74, 6) is 0.494. The maximum Gasteiger partial charge on any atom is 0.255 e. The van der Waals surface area contributed by atoms with E-state index in [1.165, 1.54) is 17.7 Å². The Labute approximate surface area is 186 Å². The van der Waals surface area contributed by atoms with Gasteiger partial charge in [0, 0.05) is 22.5 Å². The van der Waals surface area contributed by atoms with Crippen LogP contribution in [0.1, 0.15) is 35.7 Å². The van der Waals surface area contributed by atoms with E-state index in [1.54, 1.807) is 42.5 Å². The quantitative estimate of drug-likeness (QED) is 0.374. The number of anilines is 3. The average molecular weight is 426 g/mol. The normalized spacial score (nSPS) is 10.8. The van der Waals surface area contributed by atoms with Gasteiger partial charge in [0.2, 0.25) is 0 Å². The monoisotopic (exact) mass is 426 g/mol. The van der Waals surface area contributed by atoms with Gasteiger partial charge in [-0.2, -0.15) is 0 Å². The second-order valence-electron chi connectivity index (χ2n) is 7.75. The average Bonchev–Trinajstić information content (AvgIpc) is 2.81. The number of carbonyl (C=O) groups is 1. The van der Waals surface area contributed by atoms with E-state index in [1.807, 2.05) is 30.3 Å². The van der Waals surface area contributed by atoms with Crippen molar-refractivity contribution in [3.05, 3.63) is 102 Å². The third-order valence-electron chi connectivity index (χ3n) is 5.04. The van der Waals surface area contributed by atoms with Gasteiger partial charge >= 0.3 is 0 Å². The number of nitrogens with one attached hydrogen (secondary N) is 2. The molecule has 0 bridgehead atoms. The second kappa shape index (κ2) is 9.39. The van der Waals surface area contributed by atoms with Crippen LogP contribution >= 0.6 is 0 Å². The number of nitrogens with zero attached hydrogens (tertiary/aromatic N) is 2. The number of hydrogen-bond acceptors (Lipinski definition) is 4. The molecule has 0 saturated heterocycles. The summed E-state index contributed by atoms with van der Waals surface area (Å²) in [4.78, 5) is 12.7. The van der Waals surface area contributed by atoms with Crippen LogP contribution in [-0.4, -0.2) is 16.1 Å². The zero-order valence-corrected chi connectivity index (χ0v) is 17.8. The van der Waals surface area contributed by atoms with Crippen LogP contribution in [0.4, 0.5) is 21.6 Å². The second-order valence-corrected chi connectivity index (χ2v) is 7.75. The molecule has 0 aliphatic heterocycles. The molecule has 6 heteroatoms. The van der Waals surface area contributed by atoms with Gasteiger partial charge in [0.05, 0.1) is 5.69 Å². The molecule has 4 rings (SSSR count). The number of aromatic nitrogens is 2. The fraction of sp³-hybridized carbons (Fsp3) is 0.115. The highest BCUT2D eigenvalue weighted by molar-refractivity contribution is 6.04. The molecule has 3 aromatic carbocycles. The summed E-state index contributed by atoms with van der Waals surface area (Å²) in [7, 11) is 0. The smallest absolute Gasteiger partial charge is 0.255 e. The lowest BCUT2D eigenvalue weighted by atomic mass is 10.0. The van der Waals surface area contributed by atoms with Gasteiger partial charge in [-0.1, -0.05) is 32.0 Å². The first-order valence-corrected chi connectivity index (χ1v) is 10.4. The van der Waals surface area contributed by atoms with Crippen LogP contribution in [0.5, 0.6) is 0 Å². The Morgan fingerprint density at radius 2 is 1.59 bits per heavy atom. The lowest BCUT2D eigenvalue weighted by Crippen LogP contribution is -2.12. The SMILES string of the molecule is CC(C)c1ccc(NC(=O)c2cccc(Nc3ccc(-c4ccc(F)cc4)nn3)c2)cc1. The van der Waals surface area contributed by atoms with Crippen LogP contribution in [0, 0.1) is 5.82 Å². The summed E-state index contributed by atoms with van der Waals surface area (Å²) < 4.78 is 13.1. The predicted molar refractivity (Wildman–Crippen MR) is 126 cm³/mol. The predicted octanol–water partition coefficient (Wildman–Crippen LogP) is 6.40. The molecule has 160 valence electrons. The van der Waals surface area contributed by atoms with E-state index in [-0.39, 0.29) is 11.7 Å². The Balaban J connectivity index is 1.43. The summed E-state index contributed by atoms with van der Waals surface area (Å²) in [5.41, 5.74) is 4.65. The zero-order chi connectivity index (χ0) is 22.5. The lowest BCUT2D eigenvalue weighted by molar-refractivity contribution is 0.102. The topological polar surface area (TPSA) is 66.9 Å². The van der Waals surface area contributed by atoms with Crippen molar-refractivity contribution in [1.29, 1.82) is 0 Å². The third kappa shape index (κ3) is 5.16. The Kier molecular flexibility index (Phi) is 6.22. The highest BCUT2D eigenvalue weighted by atomic mass is 19.1. The molecule has 1 amide bonds. The highest BCUT2D eigenvalue weighted by Crippen LogP contribution is 2.21. The number of hydrogen-bond donors (Lipinski definition) is 2. The number of benzene rings is 3. The first-order valence-electron chi connectivity index (χ1n) is 10.4. The molecule has 2 N–H and O–H groups in total. The molecule has 0 atom stereocenters. The molecule has 0 unspecified atom stereocenters. The molecule has 1 heterocycles. The van der Waals surface area contributed by atoms with Gasteiger partial charge in [-0.25, -0.2) is 4.39 Å². The van der Waals surface area contributed by atoms with Crippen molar-refractivity contribution in [2.75, 3.05) is 10.6 Å². The van der Waals surface area contributed by atoms with E-state index in [0.717, 1.165) is 16.9 Å². The minimum Gasteiger partial charge on any atom is -0.339 e. The van der Waals surface area contributed by atoms with Crippen molar-refractivity contribution in [3.8, 4) is 11.3 Å². The highest BCUT2D eigenvalue weighted by Gasteiger charge is 2.09. The Hall–Kier alpha value is -4.06. The molecule has 5 nitrogen and oxygen atoms in total. The van der Waals surface area contributed by atoms with Crippen LogP contribution in [0.25, 0.3) is 11.3 Å². The molecule has 0 spiro atoms. The molecular formula is C26H23FN4O. The molecule has 32 heavy (non-hydrogen) atoms. The largest absolute Gasteiger partial charge is 0.339 e. The van der Waals surface area contributed by atoms with E-state index in [0.29, 0.717) is 23.0 Å².